The second-order valence-corrected chi connectivity index (χ2v) is 8.02. The third kappa shape index (κ3) is 3.97. The summed E-state index contributed by atoms with van der Waals surface area (Å²) >= 11 is 0. The van der Waals surface area contributed by atoms with Crippen LogP contribution < -0.4 is 9.47 Å². The van der Waals surface area contributed by atoms with Crippen LogP contribution in [0.3, 0.4) is 0 Å². The molecule has 1 aromatic heterocycles. The number of hydrogen-bond acceptors (Lipinski definition) is 6. The average molecular weight is 397 g/mol. The maximum atomic E-state index is 12.6. The number of amides is 1. The topological polar surface area (TPSA) is 58.4 Å². The van der Waals surface area contributed by atoms with E-state index in [9.17, 15) is 4.79 Å². The van der Waals surface area contributed by atoms with Gasteiger partial charge in [0, 0.05) is 51.9 Å². The summed E-state index contributed by atoms with van der Waals surface area (Å²) in [6, 6.07) is 10.2. The number of piperidine rings is 1. The Balaban J connectivity index is 1.14. The van der Waals surface area contributed by atoms with Crippen molar-refractivity contribution in [3.8, 4) is 11.5 Å². The Kier molecular flexibility index (Phi) is 5.16. The number of fused-ring (bicyclic) bond motifs is 1. The molecular weight excluding hydrogens is 370 g/mol. The van der Waals surface area contributed by atoms with E-state index >= 15 is 0 Å². The number of carbonyl (C=O) groups is 1. The fourth-order valence-corrected chi connectivity index (χ4v) is 4.58. The Morgan fingerprint density at radius 2 is 1.90 bits per heavy atom. The fourth-order valence-electron chi connectivity index (χ4n) is 4.58. The Morgan fingerprint density at radius 1 is 1.03 bits per heavy atom. The Bertz CT molecular complexity index is 846. The van der Waals surface area contributed by atoms with Gasteiger partial charge in [0.25, 0.3) is 5.91 Å². The smallest absolute Gasteiger partial charge is 0.289 e. The minimum atomic E-state index is 0.0149. The summed E-state index contributed by atoms with van der Waals surface area (Å²) in [7, 11) is 0. The zero-order chi connectivity index (χ0) is 19.6. The van der Waals surface area contributed by atoms with Gasteiger partial charge in [0.2, 0.25) is 6.79 Å². The maximum Gasteiger partial charge on any atom is 0.289 e. The Morgan fingerprint density at radius 3 is 2.72 bits per heavy atom. The van der Waals surface area contributed by atoms with Crippen molar-refractivity contribution in [1.82, 2.24) is 14.7 Å². The highest BCUT2D eigenvalue weighted by Gasteiger charge is 2.31. The molecular formula is C22H27N3O4. The van der Waals surface area contributed by atoms with Crippen molar-refractivity contribution in [3.63, 3.8) is 0 Å². The Labute approximate surface area is 170 Å². The van der Waals surface area contributed by atoms with Crippen molar-refractivity contribution in [3.05, 3.63) is 47.9 Å². The molecule has 0 N–H and O–H groups in total. The molecule has 4 heterocycles. The van der Waals surface area contributed by atoms with E-state index in [-0.39, 0.29) is 5.91 Å². The first-order valence-corrected chi connectivity index (χ1v) is 10.4. The molecule has 7 heteroatoms. The van der Waals surface area contributed by atoms with E-state index in [0.717, 1.165) is 70.2 Å². The van der Waals surface area contributed by atoms with Gasteiger partial charge in [-0.15, -0.1) is 0 Å². The summed E-state index contributed by atoms with van der Waals surface area (Å²) in [5, 5.41) is 0. The average Bonchev–Trinajstić information content (AvgIpc) is 3.46. The van der Waals surface area contributed by atoms with E-state index < -0.39 is 0 Å². The van der Waals surface area contributed by atoms with Gasteiger partial charge in [-0.25, -0.2) is 0 Å². The van der Waals surface area contributed by atoms with Gasteiger partial charge < -0.3 is 18.8 Å². The van der Waals surface area contributed by atoms with Crippen LogP contribution >= 0.6 is 0 Å². The quantitative estimate of drug-likeness (QED) is 0.790. The molecule has 1 amide bonds. The molecule has 2 fully saturated rings. The lowest BCUT2D eigenvalue weighted by molar-refractivity contribution is 0.0389. The summed E-state index contributed by atoms with van der Waals surface area (Å²) in [5.41, 5.74) is 1.26. The summed E-state index contributed by atoms with van der Waals surface area (Å²) < 4.78 is 16.2. The van der Waals surface area contributed by atoms with Crippen LogP contribution in [0.1, 0.15) is 29.0 Å². The molecule has 0 radical (unpaired) electrons. The summed E-state index contributed by atoms with van der Waals surface area (Å²) in [5.74, 6) is 2.15. The molecule has 1 unspecified atom stereocenters. The lowest BCUT2D eigenvalue weighted by Crippen LogP contribution is -2.55. The van der Waals surface area contributed by atoms with Crippen molar-refractivity contribution in [2.75, 3.05) is 46.1 Å². The number of benzene rings is 1. The van der Waals surface area contributed by atoms with Crippen molar-refractivity contribution in [2.45, 2.75) is 25.4 Å². The van der Waals surface area contributed by atoms with E-state index in [1.807, 2.05) is 11.0 Å². The molecule has 0 saturated carbocycles. The van der Waals surface area contributed by atoms with Crippen molar-refractivity contribution >= 4 is 5.91 Å². The summed E-state index contributed by atoms with van der Waals surface area (Å²) in [6.45, 7) is 7.02. The molecule has 5 rings (SSSR count). The van der Waals surface area contributed by atoms with E-state index in [2.05, 4.69) is 21.9 Å². The van der Waals surface area contributed by atoms with Gasteiger partial charge >= 0.3 is 0 Å². The molecule has 3 aliphatic heterocycles. The van der Waals surface area contributed by atoms with Crippen molar-refractivity contribution in [2.24, 2.45) is 0 Å². The monoisotopic (exact) mass is 397 g/mol. The van der Waals surface area contributed by atoms with E-state index in [4.69, 9.17) is 13.9 Å². The standard InChI is InChI=1S/C22H27N3O4/c26-22(20-4-2-12-27-20)25-7-1-3-18(15-25)24-10-8-23(9-11-24)14-17-5-6-19-21(13-17)29-16-28-19/h2,4-6,12-13,18H,1,3,7-11,14-16H2. The number of ether oxygens (including phenoxy) is 2. The van der Waals surface area contributed by atoms with Gasteiger partial charge in [0.1, 0.15) is 0 Å². The van der Waals surface area contributed by atoms with Crippen molar-refractivity contribution < 1.29 is 18.7 Å². The van der Waals surface area contributed by atoms with Crippen LogP contribution in [0.25, 0.3) is 0 Å². The molecule has 2 aromatic rings. The van der Waals surface area contributed by atoms with E-state index in [1.54, 1.807) is 18.4 Å². The first kappa shape index (κ1) is 18.5. The zero-order valence-corrected chi connectivity index (χ0v) is 16.6. The van der Waals surface area contributed by atoms with Gasteiger partial charge in [-0.05, 0) is 42.7 Å². The number of carbonyl (C=O) groups excluding carboxylic acids is 1. The number of rotatable bonds is 4. The predicted molar refractivity (Wildman–Crippen MR) is 107 cm³/mol. The highest BCUT2D eigenvalue weighted by atomic mass is 16.7. The highest BCUT2D eigenvalue weighted by Crippen LogP contribution is 2.33. The summed E-state index contributed by atoms with van der Waals surface area (Å²) in [6.07, 6.45) is 3.77. The number of hydrogen-bond donors (Lipinski definition) is 0. The molecule has 0 bridgehead atoms. The van der Waals surface area contributed by atoms with Crippen LogP contribution in [-0.4, -0.2) is 72.7 Å². The van der Waals surface area contributed by atoms with Gasteiger partial charge in [-0.2, -0.15) is 0 Å². The molecule has 0 aliphatic carbocycles. The summed E-state index contributed by atoms with van der Waals surface area (Å²) in [4.78, 5) is 19.6. The number of furan rings is 1. The normalized spacial score (nSPS) is 22.8. The van der Waals surface area contributed by atoms with Crippen LogP contribution in [0.15, 0.2) is 41.0 Å². The van der Waals surface area contributed by atoms with Crippen LogP contribution in [0, 0.1) is 0 Å². The minimum absolute atomic E-state index is 0.0149. The Hall–Kier alpha value is -2.51. The van der Waals surface area contributed by atoms with Crippen molar-refractivity contribution in [1.29, 1.82) is 0 Å². The van der Waals surface area contributed by atoms with Crippen LogP contribution in [-0.2, 0) is 6.54 Å². The molecule has 1 aromatic carbocycles. The first-order chi connectivity index (χ1) is 14.3. The molecule has 2 saturated heterocycles. The SMILES string of the molecule is O=C(c1ccco1)N1CCCC(N2CCN(Cc3ccc4c(c3)OCO4)CC2)C1. The fraction of sp³-hybridized carbons (Fsp3) is 0.500. The van der Waals surface area contributed by atoms with E-state index in [0.29, 0.717) is 18.6 Å². The van der Waals surface area contributed by atoms with Gasteiger partial charge in [0.05, 0.1) is 6.26 Å². The highest BCUT2D eigenvalue weighted by molar-refractivity contribution is 5.91. The van der Waals surface area contributed by atoms with Gasteiger partial charge in [-0.3, -0.25) is 14.6 Å². The zero-order valence-electron chi connectivity index (χ0n) is 16.6. The third-order valence-electron chi connectivity index (χ3n) is 6.18. The second kappa shape index (κ2) is 8.08. The number of piperazine rings is 1. The lowest BCUT2D eigenvalue weighted by atomic mass is 10.0. The molecule has 29 heavy (non-hydrogen) atoms. The lowest BCUT2D eigenvalue weighted by Gasteiger charge is -2.43. The molecule has 1 atom stereocenters. The molecule has 7 nitrogen and oxygen atoms in total. The minimum Gasteiger partial charge on any atom is -0.459 e. The van der Waals surface area contributed by atoms with Gasteiger partial charge in [-0.1, -0.05) is 6.07 Å². The van der Waals surface area contributed by atoms with Gasteiger partial charge in [0.15, 0.2) is 17.3 Å². The van der Waals surface area contributed by atoms with Crippen LogP contribution in [0.2, 0.25) is 0 Å². The predicted octanol–water partition coefficient (Wildman–Crippen LogP) is 2.43. The second-order valence-electron chi connectivity index (χ2n) is 8.02. The number of nitrogens with zero attached hydrogens (tertiary/aromatic N) is 3. The molecule has 3 aliphatic rings. The molecule has 0 spiro atoms. The maximum absolute atomic E-state index is 12.6. The molecule has 154 valence electrons. The first-order valence-electron chi connectivity index (χ1n) is 10.4. The largest absolute Gasteiger partial charge is 0.459 e. The third-order valence-corrected chi connectivity index (χ3v) is 6.18. The van der Waals surface area contributed by atoms with E-state index in [1.165, 1.54) is 5.56 Å². The number of likely N-dealkylation sites (tertiary alicyclic amines) is 1. The van der Waals surface area contributed by atoms with Crippen LogP contribution in [0.4, 0.5) is 0 Å². The van der Waals surface area contributed by atoms with Crippen LogP contribution in [0.5, 0.6) is 11.5 Å².